The summed E-state index contributed by atoms with van der Waals surface area (Å²) in [6, 6.07) is 10.2. The summed E-state index contributed by atoms with van der Waals surface area (Å²) in [5.41, 5.74) is 1.55. The van der Waals surface area contributed by atoms with Crippen molar-refractivity contribution in [2.24, 2.45) is 0 Å². The number of rotatable bonds is 1. The van der Waals surface area contributed by atoms with Gasteiger partial charge in [-0.15, -0.1) is 0 Å². The Balaban J connectivity index is 2.30. The minimum atomic E-state index is -0.697. The zero-order valence-corrected chi connectivity index (χ0v) is 10.8. The topological polar surface area (TPSA) is 58.2 Å². The predicted octanol–water partition coefficient (Wildman–Crippen LogP) is 1.93. The molecule has 1 aromatic heterocycles. The standard InChI is InChI=1S/C16H11NO3/c1-10-5-4-8-17(9-10)13-14(18)11-6-2-3-7-12(11)15(19)16(13)20/h2-9H,1H3/p+1. The maximum absolute atomic E-state index is 12.2. The molecule has 0 bridgehead atoms. The van der Waals surface area contributed by atoms with Crippen molar-refractivity contribution in [2.45, 2.75) is 6.92 Å². The van der Waals surface area contributed by atoms with E-state index in [9.17, 15) is 14.7 Å². The second-order valence-corrected chi connectivity index (χ2v) is 4.69. The number of carbonyl (C=O) groups is 2. The van der Waals surface area contributed by atoms with Crippen LogP contribution in [-0.4, -0.2) is 16.7 Å². The molecule has 1 aromatic carbocycles. The van der Waals surface area contributed by atoms with Gasteiger partial charge in [0.25, 0.3) is 0 Å². The van der Waals surface area contributed by atoms with Crippen LogP contribution in [0.15, 0.2) is 48.8 Å². The summed E-state index contributed by atoms with van der Waals surface area (Å²) < 4.78 is 1.49. The zero-order valence-electron chi connectivity index (χ0n) is 10.8. The lowest BCUT2D eigenvalue weighted by molar-refractivity contribution is -0.577. The second-order valence-electron chi connectivity index (χ2n) is 4.69. The number of benzene rings is 1. The van der Waals surface area contributed by atoms with E-state index in [0.29, 0.717) is 5.56 Å². The number of pyridine rings is 1. The first-order valence-corrected chi connectivity index (χ1v) is 6.19. The van der Waals surface area contributed by atoms with Crippen LogP contribution in [0.1, 0.15) is 21.5 Å². The molecule has 1 aliphatic carbocycles. The Kier molecular flexibility index (Phi) is 2.71. The van der Waals surface area contributed by atoms with Gasteiger partial charge in [-0.1, -0.05) is 24.3 Å². The molecule has 1 heterocycles. The van der Waals surface area contributed by atoms with Crippen LogP contribution in [0.2, 0.25) is 0 Å². The van der Waals surface area contributed by atoms with Gasteiger partial charge in [-0.25, -0.2) is 0 Å². The molecule has 4 heteroatoms. The van der Waals surface area contributed by atoms with Crippen LogP contribution in [0, 0.1) is 6.92 Å². The molecule has 0 atom stereocenters. The third kappa shape index (κ3) is 1.73. The first kappa shape index (κ1) is 12.3. The van der Waals surface area contributed by atoms with E-state index in [1.807, 2.05) is 13.0 Å². The van der Waals surface area contributed by atoms with Gasteiger partial charge in [0.15, 0.2) is 12.4 Å². The highest BCUT2D eigenvalue weighted by atomic mass is 16.3. The van der Waals surface area contributed by atoms with E-state index in [0.717, 1.165) is 5.56 Å². The van der Waals surface area contributed by atoms with Crippen LogP contribution in [0.25, 0.3) is 11.5 Å². The number of Topliss-reactive ketones (excluding diaryl/α,β-unsaturated/α-hetero) is 2. The Morgan fingerprint density at radius 1 is 0.950 bits per heavy atom. The fourth-order valence-corrected chi connectivity index (χ4v) is 2.32. The van der Waals surface area contributed by atoms with Gasteiger partial charge in [0, 0.05) is 22.8 Å². The number of aliphatic hydroxyl groups is 1. The molecule has 0 amide bonds. The molecule has 0 saturated carbocycles. The van der Waals surface area contributed by atoms with Crippen molar-refractivity contribution < 1.29 is 19.3 Å². The fraction of sp³-hybridized carbons (Fsp3) is 0.0625. The van der Waals surface area contributed by atoms with Gasteiger partial charge >= 0.3 is 11.5 Å². The smallest absolute Gasteiger partial charge is 0.305 e. The lowest BCUT2D eigenvalue weighted by Crippen LogP contribution is -2.41. The molecule has 0 saturated heterocycles. The van der Waals surface area contributed by atoms with E-state index < -0.39 is 11.6 Å². The molecule has 1 aliphatic rings. The van der Waals surface area contributed by atoms with Crippen LogP contribution >= 0.6 is 0 Å². The van der Waals surface area contributed by atoms with Crippen LogP contribution in [-0.2, 0) is 4.79 Å². The van der Waals surface area contributed by atoms with E-state index in [4.69, 9.17) is 0 Å². The highest BCUT2D eigenvalue weighted by molar-refractivity contribution is 6.59. The minimum Gasteiger partial charge on any atom is -0.502 e. The SMILES string of the molecule is Cc1ccc[n+](C2=C(O)c3ccccc3C(=O)C2=O)c1. The van der Waals surface area contributed by atoms with E-state index in [1.165, 1.54) is 4.57 Å². The van der Waals surface area contributed by atoms with Crippen molar-refractivity contribution in [3.8, 4) is 0 Å². The highest BCUT2D eigenvalue weighted by Gasteiger charge is 2.39. The second kappa shape index (κ2) is 4.42. The highest BCUT2D eigenvalue weighted by Crippen LogP contribution is 2.27. The summed E-state index contributed by atoms with van der Waals surface area (Å²) in [6.45, 7) is 1.87. The number of carbonyl (C=O) groups excluding carboxylic acids is 2. The Labute approximate surface area is 115 Å². The van der Waals surface area contributed by atoms with Gasteiger partial charge in [0.1, 0.15) is 0 Å². The molecule has 3 rings (SSSR count). The third-order valence-corrected chi connectivity index (χ3v) is 3.28. The van der Waals surface area contributed by atoms with E-state index >= 15 is 0 Å². The molecular weight excluding hydrogens is 254 g/mol. The van der Waals surface area contributed by atoms with Crippen molar-refractivity contribution in [3.63, 3.8) is 0 Å². The molecule has 4 nitrogen and oxygen atoms in total. The maximum Gasteiger partial charge on any atom is 0.305 e. The van der Waals surface area contributed by atoms with Crippen molar-refractivity contribution in [1.82, 2.24) is 0 Å². The van der Waals surface area contributed by atoms with Crippen molar-refractivity contribution in [3.05, 3.63) is 65.5 Å². The first-order chi connectivity index (χ1) is 9.59. The Morgan fingerprint density at radius 3 is 2.35 bits per heavy atom. The number of aliphatic hydroxyl groups excluding tert-OH is 1. The first-order valence-electron chi connectivity index (χ1n) is 6.19. The largest absolute Gasteiger partial charge is 0.502 e. The number of ketones is 2. The van der Waals surface area contributed by atoms with Gasteiger partial charge in [0.05, 0.1) is 0 Å². The molecule has 0 unspecified atom stereocenters. The van der Waals surface area contributed by atoms with Gasteiger partial charge in [-0.2, -0.15) is 4.57 Å². The normalized spacial score (nSPS) is 14.4. The number of nitrogens with zero attached hydrogens (tertiary/aromatic N) is 1. The zero-order chi connectivity index (χ0) is 14.3. The molecule has 98 valence electrons. The van der Waals surface area contributed by atoms with E-state index in [2.05, 4.69) is 0 Å². The molecule has 0 spiro atoms. The van der Waals surface area contributed by atoms with Crippen molar-refractivity contribution in [2.75, 3.05) is 0 Å². The molecular formula is C16H12NO3+. The summed E-state index contributed by atoms with van der Waals surface area (Å²) in [4.78, 5) is 24.3. The summed E-state index contributed by atoms with van der Waals surface area (Å²) in [6.07, 6.45) is 3.34. The quantitative estimate of drug-likeness (QED) is 0.634. The lowest BCUT2D eigenvalue weighted by atomic mass is 9.91. The van der Waals surface area contributed by atoms with Gasteiger partial charge in [-0.05, 0) is 13.0 Å². The monoisotopic (exact) mass is 266 g/mol. The Bertz CT molecular complexity index is 775. The Morgan fingerprint density at radius 2 is 1.65 bits per heavy atom. The summed E-state index contributed by atoms with van der Waals surface area (Å²) in [7, 11) is 0. The van der Waals surface area contributed by atoms with Gasteiger partial charge < -0.3 is 5.11 Å². The molecule has 0 fully saturated rings. The van der Waals surface area contributed by atoms with Crippen LogP contribution in [0.3, 0.4) is 0 Å². The lowest BCUT2D eigenvalue weighted by Gasteiger charge is -2.13. The van der Waals surface area contributed by atoms with Crippen molar-refractivity contribution >= 4 is 23.0 Å². The van der Waals surface area contributed by atoms with E-state index in [-0.39, 0.29) is 17.0 Å². The number of hydrogen-bond donors (Lipinski definition) is 1. The third-order valence-electron chi connectivity index (χ3n) is 3.28. The predicted molar refractivity (Wildman–Crippen MR) is 72.9 cm³/mol. The number of aromatic nitrogens is 1. The summed E-state index contributed by atoms with van der Waals surface area (Å²) >= 11 is 0. The molecule has 0 aliphatic heterocycles. The fourth-order valence-electron chi connectivity index (χ4n) is 2.32. The van der Waals surface area contributed by atoms with Gasteiger partial charge in [0.2, 0.25) is 11.5 Å². The molecule has 1 N–H and O–H groups in total. The average molecular weight is 266 g/mol. The van der Waals surface area contributed by atoms with Crippen LogP contribution in [0.5, 0.6) is 0 Å². The number of fused-ring (bicyclic) bond motifs is 1. The van der Waals surface area contributed by atoms with Crippen LogP contribution in [0.4, 0.5) is 0 Å². The minimum absolute atomic E-state index is 0.00241. The number of aryl methyl sites for hydroxylation is 1. The number of allylic oxidation sites excluding steroid dienone is 1. The molecule has 20 heavy (non-hydrogen) atoms. The molecule has 2 aromatic rings. The molecule has 0 radical (unpaired) electrons. The van der Waals surface area contributed by atoms with Crippen molar-refractivity contribution in [1.29, 1.82) is 0 Å². The summed E-state index contributed by atoms with van der Waals surface area (Å²) in [5, 5.41) is 10.3. The van der Waals surface area contributed by atoms with Crippen LogP contribution < -0.4 is 4.57 Å². The number of hydrogen-bond acceptors (Lipinski definition) is 3. The van der Waals surface area contributed by atoms with E-state index in [1.54, 1.807) is 42.7 Å². The Hall–Kier alpha value is -2.75. The maximum atomic E-state index is 12.2. The average Bonchev–Trinajstić information content (AvgIpc) is 2.45. The summed E-state index contributed by atoms with van der Waals surface area (Å²) in [5.74, 6) is -1.46. The van der Waals surface area contributed by atoms with Gasteiger partial charge in [-0.3, -0.25) is 9.59 Å².